The standard InChI is InChI=1S/C15H16FNO2S2/c1-3-19-13(18)8-7-10-9-21-15(17-10)14-11(16)5-4-6-12(14)20-2/h4-6,9H,3,7-8H2,1-2H3. The van der Waals surface area contributed by atoms with Crippen molar-refractivity contribution in [3.63, 3.8) is 0 Å². The second kappa shape index (κ2) is 7.56. The van der Waals surface area contributed by atoms with E-state index >= 15 is 0 Å². The van der Waals surface area contributed by atoms with E-state index < -0.39 is 0 Å². The van der Waals surface area contributed by atoms with E-state index in [0.29, 0.717) is 30.0 Å². The number of benzene rings is 1. The van der Waals surface area contributed by atoms with Gasteiger partial charge in [-0.25, -0.2) is 9.37 Å². The summed E-state index contributed by atoms with van der Waals surface area (Å²) in [4.78, 5) is 16.6. The predicted molar refractivity (Wildman–Crippen MR) is 84.2 cm³/mol. The van der Waals surface area contributed by atoms with Crippen LogP contribution in [0.4, 0.5) is 4.39 Å². The number of ether oxygens (including phenoxy) is 1. The number of thioether (sulfide) groups is 1. The average Bonchev–Trinajstić information content (AvgIpc) is 2.93. The van der Waals surface area contributed by atoms with Crippen molar-refractivity contribution in [1.29, 1.82) is 0 Å². The zero-order chi connectivity index (χ0) is 15.2. The fourth-order valence-electron chi connectivity index (χ4n) is 1.88. The summed E-state index contributed by atoms with van der Waals surface area (Å²) in [6.45, 7) is 2.16. The van der Waals surface area contributed by atoms with E-state index in [1.165, 1.54) is 29.2 Å². The molecular formula is C15H16FNO2S2. The smallest absolute Gasteiger partial charge is 0.306 e. The summed E-state index contributed by atoms with van der Waals surface area (Å²) in [6.07, 6.45) is 2.72. The van der Waals surface area contributed by atoms with E-state index in [1.54, 1.807) is 13.0 Å². The van der Waals surface area contributed by atoms with Crippen LogP contribution in [0, 0.1) is 5.82 Å². The Morgan fingerprint density at radius 3 is 3.00 bits per heavy atom. The Kier molecular flexibility index (Phi) is 5.76. The van der Waals surface area contributed by atoms with Crippen LogP contribution in [-0.4, -0.2) is 23.8 Å². The highest BCUT2D eigenvalue weighted by Crippen LogP contribution is 2.34. The Labute approximate surface area is 131 Å². The highest BCUT2D eigenvalue weighted by Gasteiger charge is 2.14. The van der Waals surface area contributed by atoms with Crippen LogP contribution in [0.1, 0.15) is 19.0 Å². The summed E-state index contributed by atoms with van der Waals surface area (Å²) in [5.74, 6) is -0.504. The number of aryl methyl sites for hydroxylation is 1. The zero-order valence-corrected chi connectivity index (χ0v) is 13.5. The van der Waals surface area contributed by atoms with Gasteiger partial charge in [-0.05, 0) is 25.3 Å². The van der Waals surface area contributed by atoms with Crippen molar-refractivity contribution in [2.75, 3.05) is 12.9 Å². The molecule has 3 nitrogen and oxygen atoms in total. The van der Waals surface area contributed by atoms with Gasteiger partial charge in [-0.15, -0.1) is 23.1 Å². The third-order valence-corrected chi connectivity index (χ3v) is 4.54. The summed E-state index contributed by atoms with van der Waals surface area (Å²) in [5.41, 5.74) is 1.33. The molecule has 0 aliphatic heterocycles. The van der Waals surface area contributed by atoms with Crippen LogP contribution < -0.4 is 0 Å². The van der Waals surface area contributed by atoms with Crippen molar-refractivity contribution in [2.24, 2.45) is 0 Å². The lowest BCUT2D eigenvalue weighted by Crippen LogP contribution is -2.05. The molecule has 0 amide bonds. The summed E-state index contributed by atoms with van der Waals surface area (Å²) >= 11 is 2.89. The van der Waals surface area contributed by atoms with Gasteiger partial charge in [0.05, 0.1) is 24.3 Å². The number of carbonyl (C=O) groups is 1. The number of hydrogen-bond acceptors (Lipinski definition) is 5. The van der Waals surface area contributed by atoms with Crippen LogP contribution in [-0.2, 0) is 16.0 Å². The Hall–Kier alpha value is -1.40. The zero-order valence-electron chi connectivity index (χ0n) is 11.9. The van der Waals surface area contributed by atoms with Crippen LogP contribution in [0.15, 0.2) is 28.5 Å². The van der Waals surface area contributed by atoms with Gasteiger partial charge in [0.25, 0.3) is 0 Å². The second-order valence-corrected chi connectivity index (χ2v) is 5.97. The number of esters is 1. The molecule has 0 atom stereocenters. The van der Waals surface area contributed by atoms with Crippen LogP contribution in [0.25, 0.3) is 10.6 Å². The van der Waals surface area contributed by atoms with Gasteiger partial charge in [0.1, 0.15) is 10.8 Å². The third-order valence-electron chi connectivity index (χ3n) is 2.85. The van der Waals surface area contributed by atoms with Crippen molar-refractivity contribution >= 4 is 29.1 Å². The Morgan fingerprint density at radius 1 is 1.48 bits per heavy atom. The quantitative estimate of drug-likeness (QED) is 0.590. The maximum atomic E-state index is 14.0. The highest BCUT2D eigenvalue weighted by atomic mass is 32.2. The first-order chi connectivity index (χ1) is 10.2. The van der Waals surface area contributed by atoms with E-state index in [0.717, 1.165) is 10.6 Å². The minimum absolute atomic E-state index is 0.234. The number of thiazole rings is 1. The van der Waals surface area contributed by atoms with Crippen LogP contribution in [0.5, 0.6) is 0 Å². The Bertz CT molecular complexity index is 628. The minimum Gasteiger partial charge on any atom is -0.466 e. The Morgan fingerprint density at radius 2 is 2.29 bits per heavy atom. The molecule has 2 aromatic rings. The SMILES string of the molecule is CCOC(=O)CCc1csc(-c2c(F)cccc2SC)n1. The summed E-state index contributed by atoms with van der Waals surface area (Å²) < 4.78 is 18.9. The molecule has 0 fully saturated rings. The van der Waals surface area contributed by atoms with Crippen LogP contribution in [0.3, 0.4) is 0 Å². The van der Waals surface area contributed by atoms with Gasteiger partial charge >= 0.3 is 5.97 Å². The molecule has 2 rings (SSSR count). The van der Waals surface area contributed by atoms with Gasteiger partial charge in [0.2, 0.25) is 0 Å². The molecule has 1 aromatic heterocycles. The van der Waals surface area contributed by atoms with Crippen LogP contribution in [0.2, 0.25) is 0 Å². The molecule has 0 spiro atoms. The molecule has 6 heteroatoms. The fourth-order valence-corrected chi connectivity index (χ4v) is 3.47. The van der Waals surface area contributed by atoms with E-state index in [9.17, 15) is 9.18 Å². The highest BCUT2D eigenvalue weighted by molar-refractivity contribution is 7.98. The lowest BCUT2D eigenvalue weighted by atomic mass is 10.2. The number of nitrogens with zero attached hydrogens (tertiary/aromatic N) is 1. The normalized spacial score (nSPS) is 10.6. The maximum Gasteiger partial charge on any atom is 0.306 e. The van der Waals surface area contributed by atoms with Crippen molar-refractivity contribution < 1.29 is 13.9 Å². The molecule has 1 aromatic carbocycles. The molecular weight excluding hydrogens is 309 g/mol. The monoisotopic (exact) mass is 325 g/mol. The topological polar surface area (TPSA) is 39.2 Å². The summed E-state index contributed by atoms with van der Waals surface area (Å²) in [7, 11) is 0. The van der Waals surface area contributed by atoms with Gasteiger partial charge in [-0.3, -0.25) is 4.79 Å². The largest absolute Gasteiger partial charge is 0.466 e. The first-order valence-electron chi connectivity index (χ1n) is 6.58. The van der Waals surface area contributed by atoms with Crippen molar-refractivity contribution in [3.05, 3.63) is 35.1 Å². The predicted octanol–water partition coefficient (Wildman–Crippen LogP) is 4.17. The fraction of sp³-hybridized carbons (Fsp3) is 0.333. The molecule has 0 bridgehead atoms. The van der Waals surface area contributed by atoms with Crippen molar-refractivity contribution in [3.8, 4) is 10.6 Å². The minimum atomic E-state index is -0.270. The second-order valence-electron chi connectivity index (χ2n) is 4.27. The molecule has 0 aliphatic carbocycles. The van der Waals surface area contributed by atoms with Gasteiger partial charge in [0, 0.05) is 16.7 Å². The van der Waals surface area contributed by atoms with E-state index in [2.05, 4.69) is 4.98 Å². The molecule has 1 heterocycles. The molecule has 0 radical (unpaired) electrons. The van der Waals surface area contributed by atoms with Crippen LogP contribution >= 0.6 is 23.1 Å². The molecule has 0 aliphatic rings. The number of hydrogen-bond donors (Lipinski definition) is 0. The lowest BCUT2D eigenvalue weighted by molar-refractivity contribution is -0.143. The number of aromatic nitrogens is 1. The molecule has 112 valence electrons. The van der Waals surface area contributed by atoms with E-state index in [1.807, 2.05) is 17.7 Å². The molecule has 21 heavy (non-hydrogen) atoms. The molecule has 0 N–H and O–H groups in total. The van der Waals surface area contributed by atoms with Gasteiger partial charge < -0.3 is 4.74 Å². The van der Waals surface area contributed by atoms with E-state index in [4.69, 9.17) is 4.74 Å². The summed E-state index contributed by atoms with van der Waals surface area (Å²) in [6, 6.07) is 5.01. The van der Waals surface area contributed by atoms with Gasteiger partial charge in [-0.1, -0.05) is 6.07 Å². The third kappa shape index (κ3) is 4.04. The van der Waals surface area contributed by atoms with E-state index in [-0.39, 0.29) is 11.8 Å². The van der Waals surface area contributed by atoms with Crippen molar-refractivity contribution in [1.82, 2.24) is 4.98 Å². The Balaban J connectivity index is 2.15. The first-order valence-corrected chi connectivity index (χ1v) is 8.69. The molecule has 0 saturated heterocycles. The van der Waals surface area contributed by atoms with Crippen molar-refractivity contribution in [2.45, 2.75) is 24.7 Å². The number of carbonyl (C=O) groups excluding carboxylic acids is 1. The average molecular weight is 325 g/mol. The first kappa shape index (κ1) is 16.0. The van der Waals surface area contributed by atoms with Gasteiger partial charge in [-0.2, -0.15) is 0 Å². The lowest BCUT2D eigenvalue weighted by Gasteiger charge is -2.05. The molecule has 0 saturated carbocycles. The number of halogens is 1. The maximum absolute atomic E-state index is 14.0. The van der Waals surface area contributed by atoms with Gasteiger partial charge in [0.15, 0.2) is 0 Å². The summed E-state index contributed by atoms with van der Waals surface area (Å²) in [5, 5.41) is 2.52. The molecule has 0 unspecified atom stereocenters. The number of rotatable bonds is 6.